The van der Waals surface area contributed by atoms with E-state index in [0.717, 1.165) is 21.0 Å². The molecule has 2 aromatic carbocycles. The second-order valence-electron chi connectivity index (χ2n) is 3.54. The van der Waals surface area contributed by atoms with E-state index in [1.807, 2.05) is 30.3 Å². The highest BCUT2D eigenvalue weighted by atomic mass is 79.9. The molecule has 0 radical (unpaired) electrons. The van der Waals surface area contributed by atoms with E-state index in [4.69, 9.17) is 4.74 Å². The number of halogens is 2. The fraction of sp³-hybridized carbons (Fsp3) is 0.231. The summed E-state index contributed by atoms with van der Waals surface area (Å²) in [7, 11) is 0. The van der Waals surface area contributed by atoms with Crippen LogP contribution in [0.1, 0.15) is 6.42 Å². The Hall–Kier alpha value is -1.09. The van der Waals surface area contributed by atoms with Crippen molar-refractivity contribution in [3.63, 3.8) is 0 Å². The van der Waals surface area contributed by atoms with Crippen LogP contribution in [0.2, 0.25) is 0 Å². The van der Waals surface area contributed by atoms with Crippen molar-refractivity contribution in [1.82, 2.24) is 0 Å². The van der Waals surface area contributed by atoms with E-state index in [2.05, 4.69) is 22.0 Å². The lowest BCUT2D eigenvalue weighted by atomic mass is 10.1. The van der Waals surface area contributed by atoms with Crippen molar-refractivity contribution in [1.29, 1.82) is 0 Å². The normalized spacial score (nSPS) is 10.6. The highest BCUT2D eigenvalue weighted by molar-refractivity contribution is 9.10. The summed E-state index contributed by atoms with van der Waals surface area (Å²) in [5.74, 6) is 0.795. The van der Waals surface area contributed by atoms with E-state index < -0.39 is 0 Å². The summed E-state index contributed by atoms with van der Waals surface area (Å²) in [6.07, 6.45) is 0.443. The predicted octanol–water partition coefficient (Wildman–Crippen LogP) is 4.34. The maximum absolute atomic E-state index is 11.9. The lowest BCUT2D eigenvalue weighted by Gasteiger charge is -2.06. The maximum atomic E-state index is 11.9. The Balaban J connectivity index is 2.20. The quantitative estimate of drug-likeness (QED) is 0.758. The van der Waals surface area contributed by atoms with Gasteiger partial charge < -0.3 is 4.74 Å². The standard InChI is InChI=1S/C13H12BrFO/c14-12-4-2-11-9-13(16-7-1-6-15)5-3-10(11)8-12/h2-5,8-9H,1,6-7H2. The Bertz CT molecular complexity index is 484. The van der Waals surface area contributed by atoms with Gasteiger partial charge in [0.2, 0.25) is 0 Å². The highest BCUT2D eigenvalue weighted by Crippen LogP contribution is 2.24. The van der Waals surface area contributed by atoms with Gasteiger partial charge >= 0.3 is 0 Å². The SMILES string of the molecule is FCCCOc1ccc2cc(Br)ccc2c1. The molecule has 2 aromatic rings. The van der Waals surface area contributed by atoms with Crippen LogP contribution in [-0.2, 0) is 0 Å². The topological polar surface area (TPSA) is 9.23 Å². The molecule has 0 heterocycles. The zero-order valence-corrected chi connectivity index (χ0v) is 10.3. The molecule has 0 saturated heterocycles. The van der Waals surface area contributed by atoms with Crippen LogP contribution in [0.4, 0.5) is 4.39 Å². The van der Waals surface area contributed by atoms with Gasteiger partial charge in [-0.3, -0.25) is 4.39 Å². The van der Waals surface area contributed by atoms with Crippen LogP contribution in [0.5, 0.6) is 5.75 Å². The van der Waals surface area contributed by atoms with E-state index >= 15 is 0 Å². The van der Waals surface area contributed by atoms with Gasteiger partial charge in [-0.1, -0.05) is 28.1 Å². The van der Waals surface area contributed by atoms with Crippen LogP contribution in [0.3, 0.4) is 0 Å². The fourth-order valence-corrected chi connectivity index (χ4v) is 1.91. The van der Waals surface area contributed by atoms with Gasteiger partial charge in [-0.05, 0) is 35.0 Å². The van der Waals surface area contributed by atoms with Gasteiger partial charge in [0, 0.05) is 10.9 Å². The molecule has 84 valence electrons. The van der Waals surface area contributed by atoms with Gasteiger partial charge in [-0.2, -0.15) is 0 Å². The molecule has 16 heavy (non-hydrogen) atoms. The average Bonchev–Trinajstić information content (AvgIpc) is 2.29. The lowest BCUT2D eigenvalue weighted by molar-refractivity contribution is 0.290. The van der Waals surface area contributed by atoms with Crippen LogP contribution in [0.25, 0.3) is 10.8 Å². The molecule has 0 atom stereocenters. The zero-order valence-electron chi connectivity index (χ0n) is 8.75. The third kappa shape index (κ3) is 2.73. The van der Waals surface area contributed by atoms with Gasteiger partial charge in [0.25, 0.3) is 0 Å². The first-order valence-electron chi connectivity index (χ1n) is 5.18. The largest absolute Gasteiger partial charge is 0.493 e. The van der Waals surface area contributed by atoms with Crippen molar-refractivity contribution in [2.75, 3.05) is 13.3 Å². The molecule has 0 aromatic heterocycles. The number of alkyl halides is 1. The van der Waals surface area contributed by atoms with Crippen molar-refractivity contribution in [3.05, 3.63) is 40.9 Å². The minimum atomic E-state index is -0.333. The Morgan fingerprint density at radius 1 is 1.06 bits per heavy atom. The fourth-order valence-electron chi connectivity index (χ4n) is 1.53. The van der Waals surface area contributed by atoms with Gasteiger partial charge in [0.1, 0.15) is 5.75 Å². The van der Waals surface area contributed by atoms with Crippen molar-refractivity contribution in [3.8, 4) is 5.75 Å². The maximum Gasteiger partial charge on any atom is 0.119 e. The van der Waals surface area contributed by atoms with E-state index in [1.54, 1.807) is 0 Å². The molecule has 0 unspecified atom stereocenters. The Morgan fingerprint density at radius 2 is 1.81 bits per heavy atom. The van der Waals surface area contributed by atoms with E-state index in [-0.39, 0.29) is 6.67 Å². The summed E-state index contributed by atoms with van der Waals surface area (Å²) >= 11 is 3.43. The van der Waals surface area contributed by atoms with Gasteiger partial charge in [-0.25, -0.2) is 0 Å². The predicted molar refractivity (Wildman–Crippen MR) is 67.7 cm³/mol. The number of ether oxygens (including phenoxy) is 1. The summed E-state index contributed by atoms with van der Waals surface area (Å²) in [6, 6.07) is 12.0. The monoisotopic (exact) mass is 282 g/mol. The van der Waals surface area contributed by atoms with Crippen molar-refractivity contribution < 1.29 is 9.13 Å². The molecule has 0 aliphatic rings. The highest BCUT2D eigenvalue weighted by Gasteiger charge is 1.98. The molecule has 0 spiro atoms. The molecule has 0 N–H and O–H groups in total. The first-order valence-corrected chi connectivity index (χ1v) is 5.97. The summed E-state index contributed by atoms with van der Waals surface area (Å²) in [5, 5.41) is 2.29. The third-order valence-corrected chi connectivity index (χ3v) is 2.81. The molecule has 0 amide bonds. The smallest absolute Gasteiger partial charge is 0.119 e. The Kier molecular flexibility index (Phi) is 3.78. The molecule has 0 bridgehead atoms. The first kappa shape index (κ1) is 11.4. The number of benzene rings is 2. The number of hydrogen-bond donors (Lipinski definition) is 0. The third-order valence-electron chi connectivity index (χ3n) is 2.32. The molecule has 0 aliphatic heterocycles. The molecule has 3 heteroatoms. The number of hydrogen-bond acceptors (Lipinski definition) is 1. The van der Waals surface area contributed by atoms with Crippen LogP contribution in [0, 0.1) is 0 Å². The van der Waals surface area contributed by atoms with Crippen molar-refractivity contribution in [2.45, 2.75) is 6.42 Å². The van der Waals surface area contributed by atoms with Crippen LogP contribution in [0.15, 0.2) is 40.9 Å². The molecule has 0 fully saturated rings. The Morgan fingerprint density at radius 3 is 2.62 bits per heavy atom. The summed E-state index contributed by atoms with van der Waals surface area (Å²) in [6.45, 7) is 0.0963. The molecule has 0 aliphatic carbocycles. The second-order valence-corrected chi connectivity index (χ2v) is 4.46. The molecule has 2 rings (SSSR count). The Labute approximate surface area is 102 Å². The minimum absolute atomic E-state index is 0.333. The van der Waals surface area contributed by atoms with E-state index in [0.29, 0.717) is 13.0 Å². The molecule has 1 nitrogen and oxygen atoms in total. The number of fused-ring (bicyclic) bond motifs is 1. The summed E-state index contributed by atoms with van der Waals surface area (Å²) < 4.78 is 18.4. The summed E-state index contributed by atoms with van der Waals surface area (Å²) in [4.78, 5) is 0. The average molecular weight is 283 g/mol. The molecule has 0 saturated carbocycles. The van der Waals surface area contributed by atoms with Gasteiger partial charge in [-0.15, -0.1) is 0 Å². The minimum Gasteiger partial charge on any atom is -0.493 e. The van der Waals surface area contributed by atoms with Crippen LogP contribution < -0.4 is 4.74 Å². The van der Waals surface area contributed by atoms with Crippen molar-refractivity contribution >= 4 is 26.7 Å². The molecular weight excluding hydrogens is 271 g/mol. The summed E-state index contributed by atoms with van der Waals surface area (Å²) in [5.41, 5.74) is 0. The van der Waals surface area contributed by atoms with E-state index in [9.17, 15) is 4.39 Å². The van der Waals surface area contributed by atoms with Gasteiger partial charge in [0.15, 0.2) is 0 Å². The van der Waals surface area contributed by atoms with Crippen molar-refractivity contribution in [2.24, 2.45) is 0 Å². The lowest BCUT2D eigenvalue weighted by Crippen LogP contribution is -1.97. The number of rotatable bonds is 4. The van der Waals surface area contributed by atoms with Gasteiger partial charge in [0.05, 0.1) is 13.3 Å². The molecular formula is C13H12BrFO. The van der Waals surface area contributed by atoms with E-state index in [1.165, 1.54) is 0 Å². The van der Waals surface area contributed by atoms with Crippen LogP contribution in [-0.4, -0.2) is 13.3 Å². The zero-order chi connectivity index (χ0) is 11.4. The van der Waals surface area contributed by atoms with Crippen LogP contribution >= 0.6 is 15.9 Å². The first-order chi connectivity index (χ1) is 7.79. The second kappa shape index (κ2) is 5.30.